The van der Waals surface area contributed by atoms with E-state index in [1.807, 2.05) is 19.1 Å². The van der Waals surface area contributed by atoms with E-state index in [-0.39, 0.29) is 12.3 Å². The Bertz CT molecular complexity index is 724. The summed E-state index contributed by atoms with van der Waals surface area (Å²) in [6.45, 7) is 4.74. The molecule has 0 atom stereocenters. The first-order valence-corrected chi connectivity index (χ1v) is 8.15. The van der Waals surface area contributed by atoms with Gasteiger partial charge in [0.2, 0.25) is 0 Å². The molecule has 24 heavy (non-hydrogen) atoms. The lowest BCUT2D eigenvalue weighted by Crippen LogP contribution is -2.26. The monoisotopic (exact) mass is 333 g/mol. The second-order valence-electron chi connectivity index (χ2n) is 5.51. The third kappa shape index (κ3) is 4.24. The molecule has 2 heterocycles. The van der Waals surface area contributed by atoms with Crippen molar-refractivity contribution in [3.8, 4) is 5.75 Å². The van der Waals surface area contributed by atoms with Crippen molar-refractivity contribution in [2.45, 2.75) is 39.5 Å². The Hall–Kier alpha value is -2.57. The quantitative estimate of drug-likeness (QED) is 0.688. The van der Waals surface area contributed by atoms with Gasteiger partial charge >= 0.3 is 5.97 Å². The highest BCUT2D eigenvalue weighted by Gasteiger charge is 2.18. The predicted octanol–water partition coefficient (Wildman–Crippen LogP) is 2.42. The number of aryl methyl sites for hydroxylation is 1. The Labute approximate surface area is 140 Å². The van der Waals surface area contributed by atoms with Crippen molar-refractivity contribution in [1.82, 2.24) is 14.7 Å². The lowest BCUT2D eigenvalue weighted by molar-refractivity contribution is -0.137. The number of amides is 1. The van der Waals surface area contributed by atoms with Gasteiger partial charge in [-0.3, -0.25) is 14.0 Å². The summed E-state index contributed by atoms with van der Waals surface area (Å²) < 4.78 is 7.29. The second kappa shape index (κ2) is 8.33. The van der Waals surface area contributed by atoms with Gasteiger partial charge in [0.15, 0.2) is 11.4 Å². The minimum absolute atomic E-state index is 0.167. The summed E-state index contributed by atoms with van der Waals surface area (Å²) in [5.41, 5.74) is 1.77. The number of fused-ring (bicyclic) bond motifs is 1. The summed E-state index contributed by atoms with van der Waals surface area (Å²) >= 11 is 0. The van der Waals surface area contributed by atoms with Crippen LogP contribution in [0.25, 0.3) is 5.65 Å². The average molecular weight is 333 g/mol. The van der Waals surface area contributed by atoms with Gasteiger partial charge in [-0.1, -0.05) is 6.42 Å². The molecule has 0 bridgehead atoms. The zero-order valence-corrected chi connectivity index (χ0v) is 14.0. The van der Waals surface area contributed by atoms with Crippen LogP contribution in [0.15, 0.2) is 18.3 Å². The van der Waals surface area contributed by atoms with Gasteiger partial charge < -0.3 is 15.2 Å². The summed E-state index contributed by atoms with van der Waals surface area (Å²) in [7, 11) is 0. The summed E-state index contributed by atoms with van der Waals surface area (Å²) in [5, 5.41) is 11.5. The molecule has 0 aliphatic rings. The number of rotatable bonds is 9. The van der Waals surface area contributed by atoms with Gasteiger partial charge in [-0.15, -0.1) is 0 Å². The molecule has 0 radical (unpaired) electrons. The number of carbonyl (C=O) groups excluding carboxylic acids is 1. The van der Waals surface area contributed by atoms with Crippen molar-refractivity contribution in [2.75, 3.05) is 13.2 Å². The van der Waals surface area contributed by atoms with Crippen LogP contribution in [0.4, 0.5) is 0 Å². The maximum atomic E-state index is 12.4. The Morgan fingerprint density at radius 3 is 2.83 bits per heavy atom. The fourth-order valence-electron chi connectivity index (χ4n) is 2.56. The largest absolute Gasteiger partial charge is 0.490 e. The summed E-state index contributed by atoms with van der Waals surface area (Å²) in [4.78, 5) is 27.3. The van der Waals surface area contributed by atoms with Crippen molar-refractivity contribution in [1.29, 1.82) is 0 Å². The molecule has 0 unspecified atom stereocenters. The van der Waals surface area contributed by atoms with Crippen molar-refractivity contribution < 1.29 is 19.4 Å². The van der Waals surface area contributed by atoms with E-state index in [0.717, 1.165) is 12.8 Å². The fraction of sp³-hybridized carbons (Fsp3) is 0.471. The van der Waals surface area contributed by atoms with Crippen LogP contribution in [-0.4, -0.2) is 39.5 Å². The van der Waals surface area contributed by atoms with Gasteiger partial charge in [0.05, 0.1) is 12.3 Å². The van der Waals surface area contributed by atoms with E-state index in [0.29, 0.717) is 42.4 Å². The molecule has 1 amide bonds. The number of carbonyl (C=O) groups is 2. The summed E-state index contributed by atoms with van der Waals surface area (Å²) in [6, 6.07) is 3.65. The lowest BCUT2D eigenvalue weighted by Gasteiger charge is -2.07. The third-order valence-electron chi connectivity index (χ3n) is 3.66. The number of carboxylic acids is 1. The van der Waals surface area contributed by atoms with E-state index in [4.69, 9.17) is 9.84 Å². The molecule has 130 valence electrons. The van der Waals surface area contributed by atoms with Crippen molar-refractivity contribution >= 4 is 17.5 Å². The molecule has 0 aromatic carbocycles. The summed E-state index contributed by atoms with van der Waals surface area (Å²) in [5.74, 6) is -0.326. The van der Waals surface area contributed by atoms with Crippen LogP contribution in [0.2, 0.25) is 0 Å². The maximum absolute atomic E-state index is 12.4. The van der Waals surface area contributed by atoms with E-state index in [1.165, 1.54) is 0 Å². The van der Waals surface area contributed by atoms with E-state index in [1.54, 1.807) is 17.5 Å². The smallest absolute Gasteiger partial charge is 0.303 e. The first-order valence-electron chi connectivity index (χ1n) is 8.15. The Morgan fingerprint density at radius 2 is 2.12 bits per heavy atom. The van der Waals surface area contributed by atoms with Crippen LogP contribution >= 0.6 is 0 Å². The predicted molar refractivity (Wildman–Crippen MR) is 89.5 cm³/mol. The Morgan fingerprint density at radius 1 is 1.33 bits per heavy atom. The number of aliphatic carboxylic acids is 1. The molecule has 0 saturated heterocycles. The number of carboxylic acid groups (broad SMARTS) is 1. The summed E-state index contributed by atoms with van der Waals surface area (Å²) in [6.07, 6.45) is 4.10. The number of pyridine rings is 1. The van der Waals surface area contributed by atoms with Gasteiger partial charge in [-0.25, -0.2) is 4.98 Å². The van der Waals surface area contributed by atoms with Gasteiger partial charge in [0.1, 0.15) is 5.69 Å². The zero-order chi connectivity index (χ0) is 17.5. The average Bonchev–Trinajstić information content (AvgIpc) is 2.87. The number of hydrogen-bond donors (Lipinski definition) is 2. The Balaban J connectivity index is 2.00. The fourth-order valence-corrected chi connectivity index (χ4v) is 2.56. The highest BCUT2D eigenvalue weighted by molar-refractivity contribution is 5.94. The van der Waals surface area contributed by atoms with Gasteiger partial charge in [-0.2, -0.15) is 0 Å². The van der Waals surface area contributed by atoms with Crippen molar-refractivity contribution in [2.24, 2.45) is 0 Å². The third-order valence-corrected chi connectivity index (χ3v) is 3.66. The molecule has 0 fully saturated rings. The minimum Gasteiger partial charge on any atom is -0.490 e. The topological polar surface area (TPSA) is 92.9 Å². The molecule has 2 N–H and O–H groups in total. The highest BCUT2D eigenvalue weighted by Crippen LogP contribution is 2.22. The zero-order valence-electron chi connectivity index (χ0n) is 14.0. The lowest BCUT2D eigenvalue weighted by atomic mass is 10.2. The first-order chi connectivity index (χ1) is 11.5. The number of imidazole rings is 1. The number of nitrogens with one attached hydrogen (secondary N) is 1. The van der Waals surface area contributed by atoms with Crippen molar-refractivity contribution in [3.63, 3.8) is 0 Å². The van der Waals surface area contributed by atoms with Crippen molar-refractivity contribution in [3.05, 3.63) is 29.7 Å². The number of unbranched alkanes of at least 4 members (excludes halogenated alkanes) is 2. The SMILES string of the molecule is CCOc1cccn2c(C(=O)NCCCCCC(=O)O)c(C)nc12. The highest BCUT2D eigenvalue weighted by atomic mass is 16.5. The van der Waals surface area contributed by atoms with E-state index in [2.05, 4.69) is 10.3 Å². The second-order valence-corrected chi connectivity index (χ2v) is 5.51. The molecule has 0 saturated carbocycles. The number of ether oxygens (including phenoxy) is 1. The van der Waals surface area contributed by atoms with E-state index >= 15 is 0 Å². The molecule has 0 spiro atoms. The molecule has 0 aliphatic carbocycles. The molecule has 2 aromatic rings. The van der Waals surface area contributed by atoms with Crippen LogP contribution in [0.3, 0.4) is 0 Å². The van der Waals surface area contributed by atoms with Crippen LogP contribution in [0.5, 0.6) is 5.75 Å². The molecular weight excluding hydrogens is 310 g/mol. The molecule has 7 nitrogen and oxygen atoms in total. The normalized spacial score (nSPS) is 10.8. The molecule has 2 aromatic heterocycles. The minimum atomic E-state index is -0.787. The van der Waals surface area contributed by atoms with Gasteiger partial charge in [0.25, 0.3) is 5.91 Å². The molecular formula is C17H23N3O4. The van der Waals surface area contributed by atoms with E-state index < -0.39 is 5.97 Å². The number of aromatic nitrogens is 2. The number of nitrogens with zero attached hydrogens (tertiary/aromatic N) is 2. The van der Waals surface area contributed by atoms with Crippen LogP contribution in [0, 0.1) is 6.92 Å². The molecule has 0 aliphatic heterocycles. The first kappa shape index (κ1) is 17.8. The van der Waals surface area contributed by atoms with Crippen LogP contribution in [-0.2, 0) is 4.79 Å². The Kier molecular flexibility index (Phi) is 6.17. The van der Waals surface area contributed by atoms with Crippen LogP contribution < -0.4 is 10.1 Å². The molecule has 2 rings (SSSR count). The van der Waals surface area contributed by atoms with Gasteiger partial charge in [-0.05, 0) is 38.8 Å². The number of hydrogen-bond acceptors (Lipinski definition) is 4. The maximum Gasteiger partial charge on any atom is 0.303 e. The molecule has 7 heteroatoms. The van der Waals surface area contributed by atoms with Crippen LogP contribution in [0.1, 0.15) is 48.8 Å². The standard InChI is InChI=1S/C17H23N3O4/c1-3-24-13-8-7-11-20-15(12(2)19-16(13)20)17(23)18-10-6-4-5-9-14(21)22/h7-8,11H,3-6,9-10H2,1-2H3,(H,18,23)(H,21,22). The van der Waals surface area contributed by atoms with Gasteiger partial charge in [0, 0.05) is 19.2 Å². The van der Waals surface area contributed by atoms with E-state index in [9.17, 15) is 9.59 Å².